The Morgan fingerprint density at radius 1 is 1.29 bits per heavy atom. The van der Waals surface area contributed by atoms with Crippen LogP contribution in [-0.2, 0) is 9.05 Å². The van der Waals surface area contributed by atoms with Crippen molar-refractivity contribution in [2.24, 2.45) is 0 Å². The van der Waals surface area contributed by atoms with Gasteiger partial charge < -0.3 is 4.90 Å². The van der Waals surface area contributed by atoms with Crippen LogP contribution in [-0.4, -0.2) is 32.8 Å². The van der Waals surface area contributed by atoms with Crippen LogP contribution < -0.4 is 0 Å². The Hall–Kier alpha value is -0.780. The van der Waals surface area contributed by atoms with E-state index in [9.17, 15) is 13.2 Å². The van der Waals surface area contributed by atoms with Gasteiger partial charge in [-0.05, 0) is 31.0 Å². The molecule has 1 rings (SSSR count). The first kappa shape index (κ1) is 18.3. The molecule has 0 fully saturated rings. The molecule has 0 aliphatic heterocycles. The van der Waals surface area contributed by atoms with E-state index in [1.54, 1.807) is 18.9 Å². The van der Waals surface area contributed by atoms with Gasteiger partial charge in [0.15, 0.2) is 0 Å². The molecule has 4 nitrogen and oxygen atoms in total. The van der Waals surface area contributed by atoms with Crippen molar-refractivity contribution in [1.29, 1.82) is 0 Å². The van der Waals surface area contributed by atoms with E-state index >= 15 is 0 Å². The van der Waals surface area contributed by atoms with Gasteiger partial charge in [0.05, 0.1) is 4.90 Å². The van der Waals surface area contributed by atoms with Crippen molar-refractivity contribution in [3.63, 3.8) is 0 Å². The van der Waals surface area contributed by atoms with Crippen molar-refractivity contribution >= 4 is 37.2 Å². The summed E-state index contributed by atoms with van der Waals surface area (Å²) in [5.74, 6) is -0.269. The van der Waals surface area contributed by atoms with Crippen LogP contribution in [0.3, 0.4) is 0 Å². The molecule has 0 aliphatic carbocycles. The van der Waals surface area contributed by atoms with Crippen molar-refractivity contribution in [3.05, 3.63) is 28.3 Å². The first-order valence-electron chi connectivity index (χ1n) is 6.68. The Bertz CT molecular complexity index is 629. The van der Waals surface area contributed by atoms with Crippen molar-refractivity contribution in [1.82, 2.24) is 4.90 Å². The van der Waals surface area contributed by atoms with Gasteiger partial charge in [-0.3, -0.25) is 4.79 Å². The predicted molar refractivity (Wildman–Crippen MR) is 85.7 cm³/mol. The Balaban J connectivity index is 3.09. The highest BCUT2D eigenvalue weighted by molar-refractivity contribution is 8.13. The summed E-state index contributed by atoms with van der Waals surface area (Å²) >= 11 is 6.01. The van der Waals surface area contributed by atoms with E-state index in [0.29, 0.717) is 12.1 Å². The van der Waals surface area contributed by atoms with Crippen molar-refractivity contribution in [3.8, 4) is 0 Å². The topological polar surface area (TPSA) is 54.5 Å². The molecular formula is C14H19Cl2NO3S. The number of halogens is 2. The summed E-state index contributed by atoms with van der Waals surface area (Å²) < 4.78 is 23.1. The van der Waals surface area contributed by atoms with Gasteiger partial charge in [0.1, 0.15) is 0 Å². The van der Waals surface area contributed by atoms with Crippen LogP contribution in [0.4, 0.5) is 0 Å². The molecule has 0 heterocycles. The van der Waals surface area contributed by atoms with Crippen LogP contribution in [0, 0.1) is 6.92 Å². The van der Waals surface area contributed by atoms with E-state index in [0.717, 1.165) is 19.3 Å². The fourth-order valence-corrected chi connectivity index (χ4v) is 3.45. The Morgan fingerprint density at radius 3 is 2.43 bits per heavy atom. The standard InChI is InChI=1S/C14H19Cl2NO3S/c1-4-5-6-7-17(3)14(18)11-8-12(15)10(2)13(9-11)21(16,19)20/h8-9H,4-7H2,1-3H3. The Kier molecular flexibility index (Phi) is 6.50. The average molecular weight is 352 g/mol. The van der Waals surface area contributed by atoms with Crippen LogP contribution in [0.15, 0.2) is 17.0 Å². The smallest absolute Gasteiger partial charge is 0.261 e. The molecule has 0 N–H and O–H groups in total. The first-order chi connectivity index (χ1) is 9.68. The number of nitrogens with zero attached hydrogens (tertiary/aromatic N) is 1. The lowest BCUT2D eigenvalue weighted by atomic mass is 10.1. The number of unbranched alkanes of at least 4 members (excludes halogenated alkanes) is 2. The van der Waals surface area contributed by atoms with Crippen LogP contribution in [0.25, 0.3) is 0 Å². The third-order valence-electron chi connectivity index (χ3n) is 3.25. The molecule has 0 saturated carbocycles. The van der Waals surface area contributed by atoms with Crippen LogP contribution in [0.2, 0.25) is 5.02 Å². The number of rotatable bonds is 6. The van der Waals surface area contributed by atoms with E-state index in [1.165, 1.54) is 12.1 Å². The number of carbonyl (C=O) groups excluding carboxylic acids is 1. The van der Waals surface area contributed by atoms with Crippen LogP contribution >= 0.6 is 22.3 Å². The van der Waals surface area contributed by atoms with Gasteiger partial charge in [-0.1, -0.05) is 31.4 Å². The van der Waals surface area contributed by atoms with Gasteiger partial charge in [0, 0.05) is 34.9 Å². The lowest BCUT2D eigenvalue weighted by molar-refractivity contribution is 0.0792. The van der Waals surface area contributed by atoms with Crippen LogP contribution in [0.1, 0.15) is 42.1 Å². The van der Waals surface area contributed by atoms with Crippen molar-refractivity contribution in [2.75, 3.05) is 13.6 Å². The SMILES string of the molecule is CCCCCN(C)C(=O)c1cc(Cl)c(C)c(S(=O)(=O)Cl)c1. The number of amides is 1. The van der Waals surface area contributed by atoms with E-state index in [-0.39, 0.29) is 21.4 Å². The molecule has 0 unspecified atom stereocenters. The van der Waals surface area contributed by atoms with Gasteiger partial charge in [-0.15, -0.1) is 0 Å². The molecule has 1 aromatic carbocycles. The predicted octanol–water partition coefficient (Wildman–Crippen LogP) is 3.84. The highest BCUT2D eigenvalue weighted by atomic mass is 35.7. The van der Waals surface area contributed by atoms with E-state index in [1.807, 2.05) is 0 Å². The molecule has 0 radical (unpaired) electrons. The molecule has 0 aromatic heterocycles. The summed E-state index contributed by atoms with van der Waals surface area (Å²) in [4.78, 5) is 13.7. The largest absolute Gasteiger partial charge is 0.342 e. The number of benzene rings is 1. The van der Waals surface area contributed by atoms with Gasteiger partial charge in [-0.25, -0.2) is 8.42 Å². The fourth-order valence-electron chi connectivity index (χ4n) is 1.95. The molecule has 0 spiro atoms. The summed E-state index contributed by atoms with van der Waals surface area (Å²) in [5.41, 5.74) is 0.570. The summed E-state index contributed by atoms with van der Waals surface area (Å²) in [6.07, 6.45) is 3.00. The fraction of sp³-hybridized carbons (Fsp3) is 0.500. The molecule has 0 saturated heterocycles. The highest BCUT2D eigenvalue weighted by Gasteiger charge is 2.20. The summed E-state index contributed by atoms with van der Waals surface area (Å²) in [6, 6.07) is 2.75. The van der Waals surface area contributed by atoms with Gasteiger partial charge in [0.25, 0.3) is 15.0 Å². The summed E-state index contributed by atoms with van der Waals surface area (Å²) in [5, 5.41) is 0.210. The number of hydrogen-bond donors (Lipinski definition) is 0. The zero-order chi connectivity index (χ0) is 16.2. The number of hydrogen-bond acceptors (Lipinski definition) is 3. The van der Waals surface area contributed by atoms with Crippen molar-refractivity contribution in [2.45, 2.75) is 38.0 Å². The molecular weight excluding hydrogens is 333 g/mol. The molecule has 21 heavy (non-hydrogen) atoms. The minimum atomic E-state index is -3.94. The second kappa shape index (κ2) is 7.47. The van der Waals surface area contributed by atoms with Gasteiger partial charge >= 0.3 is 0 Å². The maximum Gasteiger partial charge on any atom is 0.261 e. The maximum atomic E-state index is 12.3. The third-order valence-corrected chi connectivity index (χ3v) is 5.09. The summed E-state index contributed by atoms with van der Waals surface area (Å²) in [7, 11) is 3.12. The second-order valence-electron chi connectivity index (χ2n) is 4.95. The lowest BCUT2D eigenvalue weighted by Crippen LogP contribution is -2.28. The van der Waals surface area contributed by atoms with E-state index in [2.05, 4.69) is 6.92 Å². The third kappa shape index (κ3) is 4.87. The zero-order valence-corrected chi connectivity index (χ0v) is 14.6. The Labute approximate surface area is 135 Å². The van der Waals surface area contributed by atoms with E-state index < -0.39 is 9.05 Å². The number of carbonyl (C=O) groups is 1. The summed E-state index contributed by atoms with van der Waals surface area (Å²) in [6.45, 7) is 4.25. The van der Waals surface area contributed by atoms with Crippen molar-refractivity contribution < 1.29 is 13.2 Å². The molecule has 118 valence electrons. The van der Waals surface area contributed by atoms with Gasteiger partial charge in [0.2, 0.25) is 0 Å². The molecule has 0 atom stereocenters. The molecule has 0 bridgehead atoms. The minimum Gasteiger partial charge on any atom is -0.342 e. The lowest BCUT2D eigenvalue weighted by Gasteiger charge is -2.18. The minimum absolute atomic E-state index is 0.123. The maximum absolute atomic E-state index is 12.3. The second-order valence-corrected chi connectivity index (χ2v) is 7.89. The molecule has 0 aliphatic rings. The molecule has 1 amide bonds. The Morgan fingerprint density at radius 2 is 1.90 bits per heavy atom. The van der Waals surface area contributed by atoms with Gasteiger partial charge in [-0.2, -0.15) is 0 Å². The normalized spacial score (nSPS) is 11.5. The van der Waals surface area contributed by atoms with E-state index in [4.69, 9.17) is 22.3 Å². The first-order valence-corrected chi connectivity index (χ1v) is 9.37. The molecule has 7 heteroatoms. The molecule has 1 aromatic rings. The van der Waals surface area contributed by atoms with Crippen LogP contribution in [0.5, 0.6) is 0 Å². The zero-order valence-electron chi connectivity index (χ0n) is 12.3. The quantitative estimate of drug-likeness (QED) is 0.577. The average Bonchev–Trinajstić information content (AvgIpc) is 2.39. The monoisotopic (exact) mass is 351 g/mol. The highest BCUT2D eigenvalue weighted by Crippen LogP contribution is 2.28.